The Kier molecular flexibility index (Phi) is 3.83. The van der Waals surface area contributed by atoms with Gasteiger partial charge in [0, 0.05) is 17.8 Å². The molecule has 2 aromatic heterocycles. The van der Waals surface area contributed by atoms with Gasteiger partial charge in [-0.15, -0.1) is 10.8 Å². The van der Waals surface area contributed by atoms with E-state index in [0.717, 1.165) is 35.1 Å². The molecule has 2 fully saturated rings. The summed E-state index contributed by atoms with van der Waals surface area (Å²) in [7, 11) is -2.83. The molecule has 30 heavy (non-hydrogen) atoms. The van der Waals surface area contributed by atoms with Gasteiger partial charge < -0.3 is 9.47 Å². The number of rotatable bonds is 3. The Morgan fingerprint density at radius 1 is 1.30 bits per heavy atom. The first-order valence-electron chi connectivity index (χ1n) is 9.81. The van der Waals surface area contributed by atoms with E-state index in [0.29, 0.717) is 23.9 Å². The average Bonchev–Trinajstić information content (AvgIpc) is 3.27. The Morgan fingerprint density at radius 3 is 2.87 bits per heavy atom. The van der Waals surface area contributed by atoms with Crippen LogP contribution in [0.25, 0.3) is 11.0 Å². The maximum Gasteiger partial charge on any atom is 0.238 e. The smallest absolute Gasteiger partial charge is 0.238 e. The minimum Gasteiger partial charge on any atom is -0.320 e. The van der Waals surface area contributed by atoms with Crippen molar-refractivity contribution >= 4 is 45.0 Å². The van der Waals surface area contributed by atoms with Crippen LogP contribution in [-0.4, -0.2) is 41.8 Å². The van der Waals surface area contributed by atoms with Crippen LogP contribution in [0.2, 0.25) is 5.02 Å². The van der Waals surface area contributed by atoms with E-state index < -0.39 is 16.2 Å². The highest BCUT2D eigenvalue weighted by Crippen LogP contribution is 2.57. The van der Waals surface area contributed by atoms with Crippen LogP contribution >= 0.6 is 22.4 Å². The SMILES string of the molecule is O=C1N(Cc2nc3cc(Cl)ccc3n2C2CNS(O)(O)C2)c2cnccc2C12CC2. The molecule has 6 rings (SSSR count). The molecule has 4 heterocycles. The summed E-state index contributed by atoms with van der Waals surface area (Å²) in [5.74, 6) is 0.984. The monoisotopic (exact) mass is 445 g/mol. The number of fused-ring (bicyclic) bond motifs is 3. The Balaban J connectivity index is 1.46. The van der Waals surface area contributed by atoms with E-state index in [-0.39, 0.29) is 17.7 Å². The van der Waals surface area contributed by atoms with Crippen molar-refractivity contribution in [1.82, 2.24) is 19.3 Å². The van der Waals surface area contributed by atoms with E-state index in [1.165, 1.54) is 0 Å². The van der Waals surface area contributed by atoms with Crippen LogP contribution < -0.4 is 9.62 Å². The van der Waals surface area contributed by atoms with Gasteiger partial charge in [0.15, 0.2) is 0 Å². The molecule has 1 spiro atoms. The number of benzene rings is 1. The molecule has 8 nitrogen and oxygen atoms in total. The highest BCUT2D eigenvalue weighted by molar-refractivity contribution is 8.22. The number of pyridine rings is 1. The Labute approximate surface area is 179 Å². The first-order chi connectivity index (χ1) is 14.4. The number of hydrogen-bond acceptors (Lipinski definition) is 6. The molecule has 0 radical (unpaired) electrons. The minimum absolute atomic E-state index is 0.0935. The number of nitrogens with one attached hydrogen (secondary N) is 1. The van der Waals surface area contributed by atoms with Gasteiger partial charge in [-0.25, -0.2) is 9.71 Å². The zero-order chi connectivity index (χ0) is 20.7. The fourth-order valence-electron chi connectivity index (χ4n) is 4.82. The second kappa shape index (κ2) is 6.18. The number of anilines is 1. The lowest BCUT2D eigenvalue weighted by Crippen LogP contribution is -2.33. The van der Waals surface area contributed by atoms with Crippen molar-refractivity contribution in [3.05, 3.63) is 53.1 Å². The minimum atomic E-state index is -2.83. The third kappa shape index (κ3) is 2.63. The molecule has 1 saturated carbocycles. The normalized spacial score (nSPS) is 24.6. The van der Waals surface area contributed by atoms with Crippen LogP contribution in [-0.2, 0) is 16.8 Å². The van der Waals surface area contributed by atoms with Crippen LogP contribution in [0.3, 0.4) is 0 Å². The number of aromatic nitrogens is 3. The van der Waals surface area contributed by atoms with Gasteiger partial charge in [0.25, 0.3) is 0 Å². The van der Waals surface area contributed by atoms with Gasteiger partial charge in [-0.2, -0.15) is 0 Å². The fourth-order valence-corrected chi connectivity index (χ4v) is 6.36. The molecule has 10 heteroatoms. The predicted molar refractivity (Wildman–Crippen MR) is 116 cm³/mol. The van der Waals surface area contributed by atoms with Crippen molar-refractivity contribution in [2.75, 3.05) is 17.2 Å². The largest absolute Gasteiger partial charge is 0.320 e. The number of imidazole rings is 1. The number of nitrogens with zero attached hydrogens (tertiary/aromatic N) is 4. The molecule has 1 saturated heterocycles. The molecule has 3 aromatic rings. The highest BCUT2D eigenvalue weighted by Gasteiger charge is 2.59. The summed E-state index contributed by atoms with van der Waals surface area (Å²) in [5, 5.41) is 0.580. The lowest BCUT2D eigenvalue weighted by Gasteiger charge is -2.26. The second-order valence-corrected chi connectivity index (χ2v) is 10.6. The summed E-state index contributed by atoms with van der Waals surface area (Å²) in [4.78, 5) is 24.1. The van der Waals surface area contributed by atoms with Crippen LogP contribution in [0, 0.1) is 0 Å². The lowest BCUT2D eigenvalue weighted by molar-refractivity contribution is -0.120. The molecular weight excluding hydrogens is 426 g/mol. The molecule has 1 atom stereocenters. The molecule has 3 aliphatic rings. The zero-order valence-corrected chi connectivity index (χ0v) is 17.5. The molecule has 1 aromatic carbocycles. The summed E-state index contributed by atoms with van der Waals surface area (Å²) in [6, 6.07) is 7.24. The van der Waals surface area contributed by atoms with E-state index >= 15 is 0 Å². The van der Waals surface area contributed by atoms with Crippen molar-refractivity contribution in [3.8, 4) is 0 Å². The molecule has 1 amide bonds. The summed E-state index contributed by atoms with van der Waals surface area (Å²) in [6.45, 7) is 0.709. The van der Waals surface area contributed by atoms with Gasteiger partial charge in [-0.1, -0.05) is 11.6 Å². The summed E-state index contributed by atoms with van der Waals surface area (Å²) in [6.07, 6.45) is 5.21. The van der Waals surface area contributed by atoms with Crippen LogP contribution in [0.5, 0.6) is 0 Å². The number of carbonyl (C=O) groups is 1. The quantitative estimate of drug-likeness (QED) is 0.570. The predicted octanol–water partition coefficient (Wildman–Crippen LogP) is 3.47. The lowest BCUT2D eigenvalue weighted by atomic mass is 9.99. The Morgan fingerprint density at radius 2 is 2.13 bits per heavy atom. The van der Waals surface area contributed by atoms with Crippen molar-refractivity contribution in [2.45, 2.75) is 30.8 Å². The number of carbonyl (C=O) groups excluding carboxylic acids is 1. The van der Waals surface area contributed by atoms with Crippen LogP contribution in [0.15, 0.2) is 36.7 Å². The standard InChI is InChI=1S/C20H20ClN5O3S/c21-12-1-2-16-15(7-12)24-18(26(16)13-8-23-30(28,29)11-13)10-25-17-9-22-6-3-14(17)20(4-5-20)19(25)27/h1-3,6-7,9,13,23,28-29H,4-5,8,10-11H2. The Hall–Kier alpha value is -2.17. The molecule has 1 aliphatic carbocycles. The van der Waals surface area contributed by atoms with Crippen molar-refractivity contribution in [3.63, 3.8) is 0 Å². The van der Waals surface area contributed by atoms with Gasteiger partial charge in [-0.3, -0.25) is 18.9 Å². The first kappa shape index (κ1) is 18.6. The van der Waals surface area contributed by atoms with Gasteiger partial charge in [0.2, 0.25) is 5.91 Å². The molecule has 156 valence electrons. The van der Waals surface area contributed by atoms with Crippen molar-refractivity contribution in [1.29, 1.82) is 0 Å². The third-order valence-electron chi connectivity index (χ3n) is 6.38. The number of hydrogen-bond donors (Lipinski definition) is 3. The topological polar surface area (TPSA) is 104 Å². The zero-order valence-electron chi connectivity index (χ0n) is 16.0. The second-order valence-electron chi connectivity index (χ2n) is 8.23. The van der Waals surface area contributed by atoms with Crippen molar-refractivity contribution in [2.24, 2.45) is 0 Å². The molecule has 1 unspecified atom stereocenters. The van der Waals surface area contributed by atoms with Crippen LogP contribution in [0.1, 0.15) is 30.3 Å². The van der Waals surface area contributed by atoms with Gasteiger partial charge in [0.1, 0.15) is 5.82 Å². The Bertz CT molecular complexity index is 1210. The fraction of sp³-hybridized carbons (Fsp3) is 0.350. The third-order valence-corrected chi connectivity index (χ3v) is 8.09. The molecule has 3 N–H and O–H groups in total. The summed E-state index contributed by atoms with van der Waals surface area (Å²) >= 11 is 6.18. The van der Waals surface area contributed by atoms with Gasteiger partial charge >= 0.3 is 0 Å². The summed E-state index contributed by atoms with van der Waals surface area (Å²) < 4.78 is 25.0. The van der Waals surface area contributed by atoms with Gasteiger partial charge in [0.05, 0.1) is 46.7 Å². The van der Waals surface area contributed by atoms with Crippen molar-refractivity contribution < 1.29 is 13.9 Å². The van der Waals surface area contributed by atoms with E-state index in [2.05, 4.69) is 9.71 Å². The van der Waals surface area contributed by atoms with E-state index in [4.69, 9.17) is 16.6 Å². The van der Waals surface area contributed by atoms with Gasteiger partial charge in [-0.05, 0) is 42.7 Å². The number of halogens is 1. The first-order valence-corrected chi connectivity index (χ1v) is 11.9. The van der Waals surface area contributed by atoms with E-state index in [1.807, 2.05) is 16.7 Å². The maximum absolute atomic E-state index is 13.3. The average molecular weight is 446 g/mol. The number of amides is 1. The summed E-state index contributed by atoms with van der Waals surface area (Å²) in [5.41, 5.74) is 3.07. The van der Waals surface area contributed by atoms with E-state index in [9.17, 15) is 13.9 Å². The highest BCUT2D eigenvalue weighted by atomic mass is 35.5. The maximum atomic E-state index is 13.3. The van der Waals surface area contributed by atoms with Crippen LogP contribution in [0.4, 0.5) is 5.69 Å². The molecular formula is C20H20ClN5O3S. The molecule has 2 aliphatic heterocycles. The van der Waals surface area contributed by atoms with E-state index in [1.54, 1.807) is 29.4 Å². The molecule has 0 bridgehead atoms.